The average Bonchev–Trinajstić information content (AvgIpc) is 2.67. The third kappa shape index (κ3) is 2.94. The lowest BCUT2D eigenvalue weighted by atomic mass is 10.2. The summed E-state index contributed by atoms with van der Waals surface area (Å²) in [6, 6.07) is 10.2. The number of nitriles is 1. The monoisotopic (exact) mass is 333 g/mol. The minimum atomic E-state index is 0.188. The molecule has 0 spiro atoms. The van der Waals surface area contributed by atoms with E-state index in [1.54, 1.807) is 4.68 Å². The molecular formula is C14H16BrN5. The molecule has 0 atom stereocenters. The number of nitrogens with one attached hydrogen (secondary N) is 1. The number of benzene rings is 1. The third-order valence-electron chi connectivity index (χ3n) is 2.81. The molecule has 0 amide bonds. The van der Waals surface area contributed by atoms with E-state index in [1.807, 2.05) is 38.1 Å². The van der Waals surface area contributed by atoms with Crippen molar-refractivity contribution < 1.29 is 0 Å². The Labute approximate surface area is 126 Å². The van der Waals surface area contributed by atoms with E-state index in [-0.39, 0.29) is 6.04 Å². The molecule has 0 unspecified atom stereocenters. The van der Waals surface area contributed by atoms with Crippen LogP contribution in [0, 0.1) is 11.3 Å². The van der Waals surface area contributed by atoms with Crippen LogP contribution in [0.5, 0.6) is 0 Å². The molecule has 20 heavy (non-hydrogen) atoms. The molecule has 5 nitrogen and oxygen atoms in total. The Morgan fingerprint density at radius 3 is 2.75 bits per heavy atom. The highest BCUT2D eigenvalue weighted by Crippen LogP contribution is 2.24. The van der Waals surface area contributed by atoms with Gasteiger partial charge < -0.3 is 11.1 Å². The molecule has 1 heterocycles. The Balaban J connectivity index is 2.36. The maximum Gasteiger partial charge on any atom is 0.168 e. The van der Waals surface area contributed by atoms with Crippen LogP contribution in [0.25, 0.3) is 0 Å². The molecule has 0 saturated carbocycles. The molecule has 1 aromatic carbocycles. The van der Waals surface area contributed by atoms with Gasteiger partial charge in [0.25, 0.3) is 0 Å². The van der Waals surface area contributed by atoms with Crippen LogP contribution in [0.15, 0.2) is 28.7 Å². The van der Waals surface area contributed by atoms with Gasteiger partial charge in [0.1, 0.15) is 17.5 Å². The molecule has 0 bridgehead atoms. The molecule has 0 fully saturated rings. The van der Waals surface area contributed by atoms with E-state index >= 15 is 0 Å². The number of hydrogen-bond donors (Lipinski definition) is 2. The molecule has 0 aliphatic rings. The fourth-order valence-corrected chi connectivity index (χ4v) is 2.28. The van der Waals surface area contributed by atoms with Crippen molar-refractivity contribution in [1.82, 2.24) is 9.78 Å². The molecule has 0 saturated heterocycles. The fourth-order valence-electron chi connectivity index (χ4n) is 1.87. The average molecular weight is 334 g/mol. The highest BCUT2D eigenvalue weighted by atomic mass is 79.9. The second-order valence-corrected chi connectivity index (χ2v) is 5.62. The van der Waals surface area contributed by atoms with Crippen LogP contribution >= 0.6 is 15.9 Å². The zero-order valence-corrected chi connectivity index (χ0v) is 13.0. The molecule has 1 aromatic heterocycles. The first kappa shape index (κ1) is 14.4. The summed E-state index contributed by atoms with van der Waals surface area (Å²) in [4.78, 5) is 0. The summed E-state index contributed by atoms with van der Waals surface area (Å²) < 4.78 is 2.63. The number of nitrogens with zero attached hydrogens (tertiary/aromatic N) is 3. The molecule has 0 aliphatic carbocycles. The van der Waals surface area contributed by atoms with Gasteiger partial charge in [0.05, 0.1) is 6.54 Å². The standard InChI is InChI=1S/C14H16BrN5/c1-9(2)18-14-11(7-16)13(17)20(19-14)8-10-5-3-4-6-12(10)15/h3-6,9H,8,17H2,1-2H3,(H,18,19). The van der Waals surface area contributed by atoms with Crippen molar-refractivity contribution in [3.05, 3.63) is 39.9 Å². The van der Waals surface area contributed by atoms with Gasteiger partial charge in [0, 0.05) is 10.5 Å². The van der Waals surface area contributed by atoms with Crippen molar-refractivity contribution in [1.29, 1.82) is 5.26 Å². The molecular weight excluding hydrogens is 318 g/mol. The molecule has 0 aliphatic heterocycles. The normalized spacial score (nSPS) is 10.6. The second kappa shape index (κ2) is 5.97. The van der Waals surface area contributed by atoms with Crippen LogP contribution in [0.2, 0.25) is 0 Å². The lowest BCUT2D eigenvalue weighted by Gasteiger charge is -2.07. The number of hydrogen-bond acceptors (Lipinski definition) is 4. The summed E-state index contributed by atoms with van der Waals surface area (Å²) in [6.07, 6.45) is 0. The lowest BCUT2D eigenvalue weighted by molar-refractivity contribution is 0.694. The molecule has 2 aromatic rings. The van der Waals surface area contributed by atoms with E-state index in [1.165, 1.54) is 0 Å². The molecule has 104 valence electrons. The fraction of sp³-hybridized carbons (Fsp3) is 0.286. The minimum absolute atomic E-state index is 0.188. The van der Waals surface area contributed by atoms with Gasteiger partial charge in [0.15, 0.2) is 5.82 Å². The summed E-state index contributed by atoms with van der Waals surface area (Å²) in [7, 11) is 0. The predicted molar refractivity (Wildman–Crippen MR) is 83.4 cm³/mol. The molecule has 3 N–H and O–H groups in total. The van der Waals surface area contributed by atoms with Crippen molar-refractivity contribution in [3.63, 3.8) is 0 Å². The number of nitrogens with two attached hydrogens (primary N) is 1. The van der Waals surface area contributed by atoms with Gasteiger partial charge in [0.2, 0.25) is 0 Å². The van der Waals surface area contributed by atoms with Crippen LogP contribution in [0.3, 0.4) is 0 Å². The van der Waals surface area contributed by atoms with E-state index in [2.05, 4.69) is 32.4 Å². The minimum Gasteiger partial charge on any atom is -0.383 e. The third-order valence-corrected chi connectivity index (χ3v) is 3.58. The first-order valence-corrected chi connectivity index (χ1v) is 7.08. The van der Waals surface area contributed by atoms with Gasteiger partial charge >= 0.3 is 0 Å². The van der Waals surface area contributed by atoms with Crippen molar-refractivity contribution in [2.45, 2.75) is 26.4 Å². The number of aromatic nitrogens is 2. The zero-order valence-electron chi connectivity index (χ0n) is 11.4. The van der Waals surface area contributed by atoms with E-state index in [0.717, 1.165) is 10.0 Å². The smallest absolute Gasteiger partial charge is 0.168 e. The van der Waals surface area contributed by atoms with Crippen molar-refractivity contribution >= 4 is 27.6 Å². The summed E-state index contributed by atoms with van der Waals surface area (Å²) in [5.41, 5.74) is 7.46. The summed E-state index contributed by atoms with van der Waals surface area (Å²) >= 11 is 3.50. The Morgan fingerprint density at radius 2 is 2.15 bits per heavy atom. The quantitative estimate of drug-likeness (QED) is 0.901. The Kier molecular flexibility index (Phi) is 4.30. The topological polar surface area (TPSA) is 79.7 Å². The van der Waals surface area contributed by atoms with Gasteiger partial charge in [-0.25, -0.2) is 4.68 Å². The van der Waals surface area contributed by atoms with Crippen molar-refractivity contribution in [2.24, 2.45) is 0 Å². The maximum atomic E-state index is 9.21. The summed E-state index contributed by atoms with van der Waals surface area (Å²) in [6.45, 7) is 4.50. The Morgan fingerprint density at radius 1 is 1.45 bits per heavy atom. The van der Waals surface area contributed by atoms with Gasteiger partial charge in [-0.05, 0) is 25.5 Å². The van der Waals surface area contributed by atoms with Crippen LogP contribution in [0.4, 0.5) is 11.6 Å². The van der Waals surface area contributed by atoms with E-state index in [4.69, 9.17) is 5.73 Å². The van der Waals surface area contributed by atoms with Gasteiger partial charge in [-0.2, -0.15) is 10.4 Å². The summed E-state index contributed by atoms with van der Waals surface area (Å²) in [5, 5.41) is 16.7. The number of halogens is 1. The van der Waals surface area contributed by atoms with E-state index in [0.29, 0.717) is 23.7 Å². The Bertz CT molecular complexity index is 654. The van der Waals surface area contributed by atoms with E-state index in [9.17, 15) is 5.26 Å². The SMILES string of the molecule is CC(C)Nc1nn(Cc2ccccc2Br)c(N)c1C#N. The molecule has 6 heteroatoms. The highest BCUT2D eigenvalue weighted by molar-refractivity contribution is 9.10. The van der Waals surface area contributed by atoms with Gasteiger partial charge in [-0.15, -0.1) is 0 Å². The van der Waals surface area contributed by atoms with E-state index < -0.39 is 0 Å². The largest absolute Gasteiger partial charge is 0.383 e. The lowest BCUT2D eigenvalue weighted by Crippen LogP contribution is -2.11. The van der Waals surface area contributed by atoms with Crippen LogP contribution in [-0.2, 0) is 6.54 Å². The second-order valence-electron chi connectivity index (χ2n) is 4.77. The first-order chi connectivity index (χ1) is 9.52. The van der Waals surface area contributed by atoms with Crippen LogP contribution < -0.4 is 11.1 Å². The molecule has 0 radical (unpaired) electrons. The van der Waals surface area contributed by atoms with Crippen molar-refractivity contribution in [2.75, 3.05) is 11.1 Å². The predicted octanol–water partition coefficient (Wildman–Crippen LogP) is 2.97. The number of rotatable bonds is 4. The van der Waals surface area contributed by atoms with Gasteiger partial charge in [-0.3, -0.25) is 0 Å². The number of anilines is 2. The zero-order chi connectivity index (χ0) is 14.7. The highest BCUT2D eigenvalue weighted by Gasteiger charge is 2.16. The van der Waals surface area contributed by atoms with Gasteiger partial charge in [-0.1, -0.05) is 34.1 Å². The van der Waals surface area contributed by atoms with Crippen LogP contribution in [-0.4, -0.2) is 15.8 Å². The van der Waals surface area contributed by atoms with Crippen LogP contribution in [0.1, 0.15) is 25.0 Å². The first-order valence-electron chi connectivity index (χ1n) is 6.29. The maximum absolute atomic E-state index is 9.21. The Hall–Kier alpha value is -2.00. The summed E-state index contributed by atoms with van der Waals surface area (Å²) in [5.74, 6) is 0.915. The molecule has 2 rings (SSSR count). The van der Waals surface area contributed by atoms with Crippen molar-refractivity contribution in [3.8, 4) is 6.07 Å². The number of nitrogen functional groups attached to an aromatic ring is 1.